The molecule has 0 aliphatic carbocycles. The lowest BCUT2D eigenvalue weighted by Crippen LogP contribution is -2.62. The van der Waals surface area contributed by atoms with Crippen molar-refractivity contribution in [1.82, 2.24) is 20.2 Å². The molecule has 1 amide bonds. The predicted molar refractivity (Wildman–Crippen MR) is 124 cm³/mol. The first-order valence-corrected chi connectivity index (χ1v) is 11.1. The first-order valence-electron chi connectivity index (χ1n) is 10.2. The number of nitrogens with zero attached hydrogens (tertiary/aromatic N) is 3. The van der Waals surface area contributed by atoms with E-state index in [2.05, 4.69) is 54.3 Å². The first-order chi connectivity index (χ1) is 14.6. The molecule has 3 heterocycles. The van der Waals surface area contributed by atoms with Crippen LogP contribution >= 0.6 is 11.3 Å². The third-order valence-corrected chi connectivity index (χ3v) is 7.15. The fourth-order valence-corrected chi connectivity index (χ4v) is 5.08. The Balaban J connectivity index is 1.79. The maximum atomic E-state index is 13.4. The van der Waals surface area contributed by atoms with Gasteiger partial charge in [0, 0.05) is 29.9 Å². The van der Waals surface area contributed by atoms with Gasteiger partial charge in [-0.2, -0.15) is 0 Å². The highest BCUT2D eigenvalue weighted by Gasteiger charge is 2.49. The summed E-state index contributed by atoms with van der Waals surface area (Å²) >= 11 is 1.58. The summed E-state index contributed by atoms with van der Waals surface area (Å²) in [5.74, 6) is -0.444. The van der Waals surface area contributed by atoms with Crippen molar-refractivity contribution < 1.29 is 4.79 Å². The zero-order valence-corrected chi connectivity index (χ0v) is 19.2. The number of benzene rings is 1. The molecule has 2 N–H and O–H groups in total. The van der Waals surface area contributed by atoms with Gasteiger partial charge in [0.1, 0.15) is 6.33 Å². The fourth-order valence-electron chi connectivity index (χ4n) is 4.02. The lowest BCUT2D eigenvalue weighted by molar-refractivity contribution is -0.131. The Hall–Kier alpha value is -3.06. The molecule has 1 aromatic carbocycles. The second-order valence-electron chi connectivity index (χ2n) is 9.21. The summed E-state index contributed by atoms with van der Waals surface area (Å²) in [6, 6.07) is 10.4. The summed E-state index contributed by atoms with van der Waals surface area (Å²) in [7, 11) is 1.65. The van der Waals surface area contributed by atoms with Crippen LogP contribution in [0.4, 0.5) is 0 Å². The Morgan fingerprint density at radius 1 is 1.13 bits per heavy atom. The minimum atomic E-state index is -0.748. The Kier molecular flexibility index (Phi) is 5.17. The number of hydrogen-bond acceptors (Lipinski definition) is 5. The van der Waals surface area contributed by atoms with Crippen LogP contribution in [0.5, 0.6) is 0 Å². The van der Waals surface area contributed by atoms with Crippen LogP contribution in [-0.4, -0.2) is 33.8 Å². The number of amides is 1. The number of carbonyl (C=O) groups is 1. The van der Waals surface area contributed by atoms with Crippen molar-refractivity contribution in [2.45, 2.75) is 44.6 Å². The largest absolute Gasteiger partial charge is 0.345 e. The molecule has 2 aromatic heterocycles. The molecule has 160 valence electrons. The molecule has 1 saturated heterocycles. The van der Waals surface area contributed by atoms with E-state index in [1.807, 2.05) is 24.4 Å². The average molecular weight is 434 g/mol. The molecule has 2 atom stereocenters. The lowest BCUT2D eigenvalue weighted by Gasteiger charge is -2.45. The van der Waals surface area contributed by atoms with Gasteiger partial charge in [0.15, 0.2) is 5.96 Å². The van der Waals surface area contributed by atoms with Crippen LogP contribution in [-0.2, 0) is 15.7 Å². The zero-order valence-electron chi connectivity index (χ0n) is 18.4. The highest BCUT2D eigenvalue weighted by molar-refractivity contribution is 7.10. The van der Waals surface area contributed by atoms with Crippen molar-refractivity contribution >= 4 is 23.2 Å². The van der Waals surface area contributed by atoms with Gasteiger partial charge in [0.05, 0.1) is 11.5 Å². The maximum absolute atomic E-state index is 13.4. The van der Waals surface area contributed by atoms with E-state index in [1.165, 1.54) is 16.8 Å². The Morgan fingerprint density at radius 2 is 1.77 bits per heavy atom. The average Bonchev–Trinajstić information content (AvgIpc) is 3.24. The van der Waals surface area contributed by atoms with Crippen molar-refractivity contribution in [3.8, 4) is 11.1 Å². The first kappa shape index (κ1) is 21.2. The maximum Gasteiger partial charge on any atom is 0.239 e. The molecule has 3 aromatic rings. The molecule has 0 unspecified atom stereocenters. The van der Waals surface area contributed by atoms with E-state index in [0.29, 0.717) is 0 Å². The Bertz CT molecular complexity index is 1120. The molecule has 0 spiro atoms. The lowest BCUT2D eigenvalue weighted by atomic mass is 9.76. The van der Waals surface area contributed by atoms with Gasteiger partial charge in [0.25, 0.3) is 0 Å². The van der Waals surface area contributed by atoms with Crippen LogP contribution in [0.3, 0.4) is 0 Å². The Labute approximate surface area is 186 Å². The zero-order chi connectivity index (χ0) is 22.4. The molecule has 7 heteroatoms. The second-order valence-corrected chi connectivity index (χ2v) is 10.1. The topological polar surface area (TPSA) is 82.0 Å². The number of guanidine groups is 1. The number of rotatable bonds is 3. The third-order valence-electron chi connectivity index (χ3n) is 5.98. The molecule has 0 radical (unpaired) electrons. The van der Waals surface area contributed by atoms with Crippen LogP contribution in [0, 0.1) is 5.41 Å². The van der Waals surface area contributed by atoms with Gasteiger partial charge in [-0.25, -0.2) is 9.97 Å². The van der Waals surface area contributed by atoms with E-state index in [4.69, 9.17) is 5.41 Å². The molecule has 4 rings (SSSR count). The van der Waals surface area contributed by atoms with Crippen LogP contribution in [0.1, 0.15) is 49.6 Å². The predicted octanol–water partition coefficient (Wildman–Crippen LogP) is 4.50. The number of aromatic nitrogens is 2. The fraction of sp³-hybridized carbons (Fsp3) is 0.333. The van der Waals surface area contributed by atoms with E-state index in [9.17, 15) is 4.79 Å². The highest BCUT2D eigenvalue weighted by Crippen LogP contribution is 2.44. The van der Waals surface area contributed by atoms with Gasteiger partial charge >= 0.3 is 0 Å². The van der Waals surface area contributed by atoms with Gasteiger partial charge in [-0.1, -0.05) is 45.0 Å². The Morgan fingerprint density at radius 3 is 2.39 bits per heavy atom. The highest BCUT2D eigenvalue weighted by atomic mass is 32.1. The van der Waals surface area contributed by atoms with Crippen LogP contribution in [0.25, 0.3) is 11.1 Å². The van der Waals surface area contributed by atoms with Crippen molar-refractivity contribution in [1.29, 1.82) is 5.41 Å². The number of thiophene rings is 1. The molecule has 31 heavy (non-hydrogen) atoms. The summed E-state index contributed by atoms with van der Waals surface area (Å²) in [4.78, 5) is 24.0. The summed E-state index contributed by atoms with van der Waals surface area (Å²) in [6.07, 6.45) is 5.06. The monoisotopic (exact) mass is 433 g/mol. The van der Waals surface area contributed by atoms with Crippen LogP contribution in [0.2, 0.25) is 0 Å². The SMILES string of the molecule is CN1C(=N)N[C@](C)(c2cc(-c3cncnc3)cs2)[C@H](c2ccc(C(C)(C)C)cc2)C1=O. The molecular weight excluding hydrogens is 406 g/mol. The molecule has 1 aliphatic heterocycles. The molecule has 1 aliphatic rings. The smallest absolute Gasteiger partial charge is 0.239 e. The van der Waals surface area contributed by atoms with Gasteiger partial charge < -0.3 is 5.32 Å². The molecule has 1 fully saturated rings. The minimum absolute atomic E-state index is 0.0377. The van der Waals surface area contributed by atoms with Gasteiger partial charge in [-0.3, -0.25) is 15.1 Å². The van der Waals surface area contributed by atoms with Crippen molar-refractivity contribution in [3.63, 3.8) is 0 Å². The quantitative estimate of drug-likeness (QED) is 0.637. The van der Waals surface area contributed by atoms with Crippen LogP contribution in [0.15, 0.2) is 54.4 Å². The second kappa shape index (κ2) is 7.57. The van der Waals surface area contributed by atoms with E-state index in [1.54, 1.807) is 30.8 Å². The van der Waals surface area contributed by atoms with E-state index < -0.39 is 11.5 Å². The van der Waals surface area contributed by atoms with Crippen molar-refractivity contribution in [3.05, 3.63) is 70.4 Å². The molecular formula is C24H27N5OS. The molecule has 6 nitrogen and oxygen atoms in total. The van der Waals surface area contributed by atoms with E-state index >= 15 is 0 Å². The van der Waals surface area contributed by atoms with E-state index in [0.717, 1.165) is 21.6 Å². The van der Waals surface area contributed by atoms with Gasteiger partial charge in [0.2, 0.25) is 5.91 Å². The summed E-state index contributed by atoms with van der Waals surface area (Å²) in [5.41, 5.74) is 3.37. The van der Waals surface area contributed by atoms with Gasteiger partial charge in [-0.05, 0) is 40.5 Å². The standard InChI is InChI=1S/C24H27N5OS/c1-23(2,3)18-8-6-15(7-9-18)20-21(30)29(5)22(25)28-24(20,4)19-10-16(13-31-19)17-11-26-14-27-12-17/h6-14,20H,1-5H3,(H2,25,28)/t20-,24-/m1/s1. The van der Waals surface area contributed by atoms with Crippen molar-refractivity contribution in [2.24, 2.45) is 0 Å². The molecule has 0 saturated carbocycles. The minimum Gasteiger partial charge on any atom is -0.345 e. The van der Waals surface area contributed by atoms with Crippen LogP contribution < -0.4 is 5.32 Å². The number of nitrogens with one attached hydrogen (secondary N) is 2. The summed E-state index contributed by atoms with van der Waals surface area (Å²) in [5, 5.41) is 13.7. The third kappa shape index (κ3) is 3.74. The summed E-state index contributed by atoms with van der Waals surface area (Å²) < 4.78 is 0. The molecule has 0 bridgehead atoms. The van der Waals surface area contributed by atoms with Gasteiger partial charge in [-0.15, -0.1) is 11.3 Å². The van der Waals surface area contributed by atoms with Crippen molar-refractivity contribution in [2.75, 3.05) is 7.05 Å². The van der Waals surface area contributed by atoms with E-state index in [-0.39, 0.29) is 17.3 Å². The number of carbonyl (C=O) groups excluding carboxylic acids is 1. The normalized spacial score (nSPS) is 21.8. The summed E-state index contributed by atoms with van der Waals surface area (Å²) in [6.45, 7) is 8.53. The number of hydrogen-bond donors (Lipinski definition) is 2. The number of likely N-dealkylation sites (N-methyl/N-ethyl adjacent to an activating group) is 1.